The Hall–Kier alpha value is -2.02. The molecule has 2 rings (SSSR count). The van der Waals surface area contributed by atoms with Crippen LogP contribution in [0.2, 0.25) is 0 Å². The number of benzene rings is 1. The Balaban J connectivity index is 2.11. The zero-order valence-corrected chi connectivity index (χ0v) is 12.9. The molecule has 0 radical (unpaired) electrons. The predicted octanol–water partition coefficient (Wildman–Crippen LogP) is 4.39. The molecule has 22 heavy (non-hydrogen) atoms. The third-order valence-corrected chi connectivity index (χ3v) is 4.26. The van der Waals surface area contributed by atoms with Gasteiger partial charge in [-0.05, 0) is 37.1 Å². The number of carbonyl (C=O) groups is 1. The number of alkyl halides is 3. The van der Waals surface area contributed by atoms with Crippen LogP contribution >= 0.6 is 11.3 Å². The number of hydrazine groups is 1. The van der Waals surface area contributed by atoms with Crippen molar-refractivity contribution < 1.29 is 18.0 Å². The average Bonchev–Trinajstić information content (AvgIpc) is 2.85. The average molecular weight is 328 g/mol. The van der Waals surface area contributed by atoms with Gasteiger partial charge >= 0.3 is 6.18 Å². The summed E-state index contributed by atoms with van der Waals surface area (Å²) in [5.41, 5.74) is 4.71. The molecule has 0 aliphatic rings. The zero-order valence-electron chi connectivity index (χ0n) is 12.0. The molecule has 118 valence electrons. The molecule has 1 amide bonds. The van der Waals surface area contributed by atoms with E-state index in [1.54, 1.807) is 6.07 Å². The molecule has 2 N–H and O–H groups in total. The maximum absolute atomic E-state index is 12.8. The lowest BCUT2D eigenvalue weighted by Crippen LogP contribution is -2.29. The van der Waals surface area contributed by atoms with Crippen LogP contribution in [0.1, 0.15) is 32.6 Å². The van der Waals surface area contributed by atoms with Gasteiger partial charge in [-0.15, -0.1) is 11.3 Å². The number of anilines is 1. The number of hydrogen-bond acceptors (Lipinski definition) is 3. The molecule has 0 atom stereocenters. The van der Waals surface area contributed by atoms with Gasteiger partial charge in [0.2, 0.25) is 0 Å². The van der Waals surface area contributed by atoms with Gasteiger partial charge in [0.05, 0.1) is 16.1 Å². The van der Waals surface area contributed by atoms with E-state index in [2.05, 4.69) is 10.9 Å². The summed E-state index contributed by atoms with van der Waals surface area (Å²) in [6.45, 7) is 3.89. The minimum Gasteiger partial charge on any atom is -0.298 e. The second-order valence-electron chi connectivity index (χ2n) is 4.67. The molecule has 0 aliphatic heterocycles. The second kappa shape index (κ2) is 6.39. The Morgan fingerprint density at radius 1 is 1.27 bits per heavy atom. The lowest BCUT2D eigenvalue weighted by atomic mass is 10.2. The van der Waals surface area contributed by atoms with Gasteiger partial charge < -0.3 is 0 Å². The van der Waals surface area contributed by atoms with Crippen molar-refractivity contribution in [3.8, 4) is 0 Å². The molecule has 1 aromatic heterocycles. The minimum absolute atomic E-state index is 0.188. The van der Waals surface area contributed by atoms with Crippen molar-refractivity contribution >= 4 is 22.9 Å². The zero-order chi connectivity index (χ0) is 16.3. The van der Waals surface area contributed by atoms with E-state index in [0.717, 1.165) is 22.9 Å². The second-order valence-corrected chi connectivity index (χ2v) is 5.92. The third kappa shape index (κ3) is 3.59. The number of aryl methyl sites for hydroxylation is 2. The number of nitrogens with one attached hydrogen (secondary N) is 2. The maximum Gasteiger partial charge on any atom is 0.418 e. The molecule has 0 saturated carbocycles. The van der Waals surface area contributed by atoms with Crippen molar-refractivity contribution in [3.05, 3.63) is 51.2 Å². The first-order valence-corrected chi connectivity index (χ1v) is 7.46. The fourth-order valence-corrected chi connectivity index (χ4v) is 3.02. The van der Waals surface area contributed by atoms with E-state index in [1.807, 2.05) is 13.8 Å². The van der Waals surface area contributed by atoms with E-state index in [1.165, 1.54) is 29.5 Å². The first-order chi connectivity index (χ1) is 10.3. The van der Waals surface area contributed by atoms with Crippen LogP contribution in [-0.4, -0.2) is 5.91 Å². The number of thiophene rings is 1. The highest BCUT2D eigenvalue weighted by atomic mass is 32.1. The van der Waals surface area contributed by atoms with Gasteiger partial charge in [-0.3, -0.25) is 15.6 Å². The summed E-state index contributed by atoms with van der Waals surface area (Å²) in [6.07, 6.45) is -3.68. The molecule has 1 aromatic carbocycles. The largest absolute Gasteiger partial charge is 0.418 e. The number of carbonyl (C=O) groups excluding carboxylic acids is 1. The molecule has 0 unspecified atom stereocenters. The standard InChI is InChI=1S/C15H15F3N2OS/c1-3-10-8-13(22-9(10)2)14(21)20-19-12-7-5-4-6-11(12)15(16,17)18/h4-8,19H,3H2,1-2H3,(H,20,21). The Morgan fingerprint density at radius 3 is 2.55 bits per heavy atom. The van der Waals surface area contributed by atoms with Gasteiger partial charge in [-0.1, -0.05) is 19.1 Å². The van der Waals surface area contributed by atoms with E-state index in [0.29, 0.717) is 4.88 Å². The summed E-state index contributed by atoms with van der Waals surface area (Å²) in [4.78, 5) is 13.5. The van der Waals surface area contributed by atoms with Crippen molar-refractivity contribution in [1.29, 1.82) is 0 Å². The maximum atomic E-state index is 12.8. The van der Waals surface area contributed by atoms with Gasteiger partial charge in [0, 0.05) is 4.88 Å². The predicted molar refractivity (Wildman–Crippen MR) is 81.0 cm³/mol. The molecular weight excluding hydrogens is 313 g/mol. The highest BCUT2D eigenvalue weighted by molar-refractivity contribution is 7.14. The fraction of sp³-hybridized carbons (Fsp3) is 0.267. The van der Waals surface area contributed by atoms with Crippen molar-refractivity contribution in [1.82, 2.24) is 5.43 Å². The molecular formula is C15H15F3N2OS. The summed E-state index contributed by atoms with van der Waals surface area (Å²) >= 11 is 1.32. The smallest absolute Gasteiger partial charge is 0.298 e. The quantitative estimate of drug-likeness (QED) is 0.817. The number of hydrogen-bond donors (Lipinski definition) is 2. The van der Waals surface area contributed by atoms with Crippen LogP contribution in [0.3, 0.4) is 0 Å². The third-order valence-electron chi connectivity index (χ3n) is 3.17. The van der Waals surface area contributed by atoms with Gasteiger partial charge in [0.1, 0.15) is 0 Å². The summed E-state index contributed by atoms with van der Waals surface area (Å²) in [6, 6.07) is 6.74. The van der Waals surface area contributed by atoms with Crippen molar-refractivity contribution in [2.45, 2.75) is 26.4 Å². The summed E-state index contributed by atoms with van der Waals surface area (Å²) in [7, 11) is 0. The van der Waals surface area contributed by atoms with Crippen LogP contribution in [0.15, 0.2) is 30.3 Å². The van der Waals surface area contributed by atoms with Gasteiger partial charge in [-0.2, -0.15) is 13.2 Å². The summed E-state index contributed by atoms with van der Waals surface area (Å²) < 4.78 is 38.5. The van der Waals surface area contributed by atoms with Gasteiger partial charge in [0.15, 0.2) is 0 Å². The van der Waals surface area contributed by atoms with E-state index < -0.39 is 17.6 Å². The molecule has 0 bridgehead atoms. The van der Waals surface area contributed by atoms with Crippen molar-refractivity contribution in [2.24, 2.45) is 0 Å². The molecule has 3 nitrogen and oxygen atoms in total. The van der Waals surface area contributed by atoms with Gasteiger partial charge in [-0.25, -0.2) is 0 Å². The molecule has 7 heteroatoms. The molecule has 1 heterocycles. The van der Waals surface area contributed by atoms with Gasteiger partial charge in [0.25, 0.3) is 5.91 Å². The number of amides is 1. The lowest BCUT2D eigenvalue weighted by Gasteiger charge is -2.14. The normalized spacial score (nSPS) is 11.3. The SMILES string of the molecule is CCc1cc(C(=O)NNc2ccccc2C(F)(F)F)sc1C. The van der Waals surface area contributed by atoms with Crippen LogP contribution in [0.25, 0.3) is 0 Å². The highest BCUT2D eigenvalue weighted by Crippen LogP contribution is 2.34. The molecule has 0 saturated heterocycles. The number of para-hydroxylation sites is 1. The van der Waals surface area contributed by atoms with Crippen LogP contribution in [-0.2, 0) is 12.6 Å². The number of halogens is 3. The summed E-state index contributed by atoms with van der Waals surface area (Å²) in [5, 5.41) is 0. The van der Waals surface area contributed by atoms with Crippen LogP contribution < -0.4 is 10.9 Å². The topological polar surface area (TPSA) is 41.1 Å². The Labute approximate surface area is 130 Å². The van der Waals surface area contributed by atoms with Crippen LogP contribution in [0.5, 0.6) is 0 Å². The van der Waals surface area contributed by atoms with Crippen LogP contribution in [0.4, 0.5) is 18.9 Å². The lowest BCUT2D eigenvalue weighted by molar-refractivity contribution is -0.137. The first-order valence-electron chi connectivity index (χ1n) is 6.64. The summed E-state index contributed by atoms with van der Waals surface area (Å²) in [5.74, 6) is -0.454. The molecule has 0 aliphatic carbocycles. The highest BCUT2D eigenvalue weighted by Gasteiger charge is 2.33. The Morgan fingerprint density at radius 2 is 1.95 bits per heavy atom. The van der Waals surface area contributed by atoms with E-state index in [-0.39, 0.29) is 5.69 Å². The monoisotopic (exact) mass is 328 g/mol. The molecule has 0 fully saturated rings. The van der Waals surface area contributed by atoms with Crippen molar-refractivity contribution in [3.63, 3.8) is 0 Å². The Kier molecular flexibility index (Phi) is 4.75. The van der Waals surface area contributed by atoms with E-state index in [4.69, 9.17) is 0 Å². The fourth-order valence-electron chi connectivity index (χ4n) is 2.01. The Bertz CT molecular complexity index is 680. The molecule has 0 spiro atoms. The van der Waals surface area contributed by atoms with Crippen LogP contribution in [0, 0.1) is 6.92 Å². The number of rotatable bonds is 4. The van der Waals surface area contributed by atoms with E-state index in [9.17, 15) is 18.0 Å². The van der Waals surface area contributed by atoms with E-state index >= 15 is 0 Å². The van der Waals surface area contributed by atoms with Crippen molar-refractivity contribution in [2.75, 3.05) is 5.43 Å². The molecule has 2 aromatic rings. The minimum atomic E-state index is -4.48. The first kappa shape index (κ1) is 16.4.